The van der Waals surface area contributed by atoms with Gasteiger partial charge in [0, 0.05) is 25.3 Å². The van der Waals surface area contributed by atoms with Crippen LogP contribution in [0.5, 0.6) is 0 Å². The molecule has 0 spiro atoms. The van der Waals surface area contributed by atoms with Crippen LogP contribution in [0, 0.1) is 0 Å². The first-order chi connectivity index (χ1) is 8.76. The van der Waals surface area contributed by atoms with E-state index in [2.05, 4.69) is 9.55 Å². The van der Waals surface area contributed by atoms with E-state index in [0.717, 1.165) is 30.0 Å². The van der Waals surface area contributed by atoms with Crippen molar-refractivity contribution in [1.82, 2.24) is 9.55 Å². The highest BCUT2D eigenvalue weighted by Crippen LogP contribution is 2.21. The maximum atomic E-state index is 5.98. The molecule has 2 aromatic rings. The average Bonchev–Trinajstić information content (AvgIpc) is 2.67. The largest absolute Gasteiger partial charge is 0.380 e. The summed E-state index contributed by atoms with van der Waals surface area (Å²) in [5.74, 6) is 0.898. The van der Waals surface area contributed by atoms with Crippen LogP contribution in [0.2, 0.25) is 5.02 Å². The zero-order valence-corrected chi connectivity index (χ0v) is 11.4. The summed E-state index contributed by atoms with van der Waals surface area (Å²) < 4.78 is 12.7. The molecule has 18 heavy (non-hydrogen) atoms. The fourth-order valence-electron chi connectivity index (χ4n) is 1.94. The Labute approximate surface area is 111 Å². The van der Waals surface area contributed by atoms with Crippen LogP contribution in [0.4, 0.5) is 0 Å². The van der Waals surface area contributed by atoms with Crippen LogP contribution in [0.1, 0.15) is 12.7 Å². The van der Waals surface area contributed by atoms with E-state index in [-0.39, 0.29) is 0 Å². The third kappa shape index (κ3) is 2.83. The highest BCUT2D eigenvalue weighted by molar-refractivity contribution is 6.31. The van der Waals surface area contributed by atoms with Gasteiger partial charge in [-0.25, -0.2) is 4.98 Å². The molecule has 0 radical (unpaired) electrons. The van der Waals surface area contributed by atoms with E-state index in [0.29, 0.717) is 18.2 Å². The minimum Gasteiger partial charge on any atom is -0.380 e. The number of halogens is 1. The van der Waals surface area contributed by atoms with Crippen molar-refractivity contribution in [2.75, 3.05) is 20.3 Å². The van der Waals surface area contributed by atoms with Gasteiger partial charge < -0.3 is 14.0 Å². The maximum Gasteiger partial charge on any atom is 0.136 e. The molecule has 0 amide bonds. The molecule has 0 saturated carbocycles. The molecule has 0 aliphatic carbocycles. The molecule has 0 aliphatic rings. The Bertz CT molecular complexity index is 525. The van der Waals surface area contributed by atoms with Crippen molar-refractivity contribution in [3.8, 4) is 0 Å². The van der Waals surface area contributed by atoms with Crippen molar-refractivity contribution in [3.05, 3.63) is 29.0 Å². The number of hydrogen-bond acceptors (Lipinski definition) is 3. The van der Waals surface area contributed by atoms with Crippen LogP contribution in [0.25, 0.3) is 11.0 Å². The van der Waals surface area contributed by atoms with Crippen LogP contribution < -0.4 is 0 Å². The van der Waals surface area contributed by atoms with Gasteiger partial charge in [0.15, 0.2) is 0 Å². The van der Waals surface area contributed by atoms with E-state index >= 15 is 0 Å². The van der Waals surface area contributed by atoms with Gasteiger partial charge in [0.25, 0.3) is 0 Å². The monoisotopic (exact) mass is 268 g/mol. The van der Waals surface area contributed by atoms with E-state index < -0.39 is 0 Å². The Morgan fingerprint density at radius 2 is 2.22 bits per heavy atom. The summed E-state index contributed by atoms with van der Waals surface area (Å²) in [6, 6.07) is 5.72. The van der Waals surface area contributed by atoms with Crippen molar-refractivity contribution in [1.29, 1.82) is 0 Å². The molecule has 1 aromatic carbocycles. The molecule has 98 valence electrons. The van der Waals surface area contributed by atoms with Gasteiger partial charge >= 0.3 is 0 Å². The summed E-state index contributed by atoms with van der Waals surface area (Å²) in [7, 11) is 1.67. The van der Waals surface area contributed by atoms with E-state index in [1.165, 1.54) is 0 Å². The summed E-state index contributed by atoms with van der Waals surface area (Å²) in [6.45, 7) is 4.63. The van der Waals surface area contributed by atoms with Crippen molar-refractivity contribution >= 4 is 22.6 Å². The lowest BCUT2D eigenvalue weighted by atomic mass is 10.3. The lowest BCUT2D eigenvalue weighted by Crippen LogP contribution is -2.10. The van der Waals surface area contributed by atoms with Crippen LogP contribution >= 0.6 is 11.6 Å². The number of aromatic nitrogens is 2. The fourth-order valence-corrected chi connectivity index (χ4v) is 2.11. The summed E-state index contributed by atoms with van der Waals surface area (Å²) in [5.41, 5.74) is 1.96. The molecule has 0 N–H and O–H groups in total. The zero-order chi connectivity index (χ0) is 13.0. The normalized spacial score (nSPS) is 11.3. The molecule has 1 heterocycles. The van der Waals surface area contributed by atoms with Gasteiger partial charge in [0.1, 0.15) is 12.4 Å². The quantitative estimate of drug-likeness (QED) is 0.756. The third-order valence-electron chi connectivity index (χ3n) is 2.73. The van der Waals surface area contributed by atoms with Gasteiger partial charge in [-0.15, -0.1) is 0 Å². The Morgan fingerprint density at radius 3 is 2.94 bits per heavy atom. The molecular formula is C13H17ClN2O2. The second-order valence-corrected chi connectivity index (χ2v) is 4.38. The lowest BCUT2D eigenvalue weighted by Gasteiger charge is -2.08. The predicted octanol–water partition coefficient (Wildman–Crippen LogP) is 2.87. The van der Waals surface area contributed by atoms with Gasteiger partial charge in [-0.2, -0.15) is 0 Å². The Balaban J connectivity index is 2.35. The van der Waals surface area contributed by atoms with E-state index in [4.69, 9.17) is 21.1 Å². The summed E-state index contributed by atoms with van der Waals surface area (Å²) in [6.07, 6.45) is 0. The SMILES string of the molecule is CCOCCn1c(COC)nc2cc(Cl)ccc21. The molecule has 2 rings (SSSR count). The molecule has 5 heteroatoms. The van der Waals surface area contributed by atoms with Gasteiger partial charge in [-0.1, -0.05) is 11.6 Å². The number of imidazole rings is 1. The number of methoxy groups -OCH3 is 1. The predicted molar refractivity (Wildman–Crippen MR) is 71.9 cm³/mol. The summed E-state index contributed by atoms with van der Waals surface area (Å²) in [5, 5.41) is 0.695. The van der Waals surface area contributed by atoms with Gasteiger partial charge in [0.05, 0.1) is 17.6 Å². The van der Waals surface area contributed by atoms with Gasteiger partial charge in [-0.05, 0) is 25.1 Å². The fraction of sp³-hybridized carbons (Fsp3) is 0.462. The molecule has 4 nitrogen and oxygen atoms in total. The van der Waals surface area contributed by atoms with Gasteiger partial charge in [-0.3, -0.25) is 0 Å². The molecule has 0 saturated heterocycles. The van der Waals surface area contributed by atoms with Crippen LogP contribution in [-0.4, -0.2) is 29.9 Å². The van der Waals surface area contributed by atoms with Crippen molar-refractivity contribution in [3.63, 3.8) is 0 Å². The number of fused-ring (bicyclic) bond motifs is 1. The number of ether oxygens (including phenoxy) is 2. The highest BCUT2D eigenvalue weighted by Gasteiger charge is 2.10. The first-order valence-electron chi connectivity index (χ1n) is 5.97. The Morgan fingerprint density at radius 1 is 1.39 bits per heavy atom. The number of benzene rings is 1. The highest BCUT2D eigenvalue weighted by atomic mass is 35.5. The van der Waals surface area contributed by atoms with E-state index in [1.54, 1.807) is 7.11 Å². The second-order valence-electron chi connectivity index (χ2n) is 3.94. The van der Waals surface area contributed by atoms with Crippen molar-refractivity contribution in [2.45, 2.75) is 20.1 Å². The summed E-state index contributed by atoms with van der Waals surface area (Å²) in [4.78, 5) is 4.54. The van der Waals surface area contributed by atoms with E-state index in [9.17, 15) is 0 Å². The zero-order valence-electron chi connectivity index (χ0n) is 10.6. The molecule has 0 atom stereocenters. The topological polar surface area (TPSA) is 36.3 Å². The first kappa shape index (κ1) is 13.3. The second kappa shape index (κ2) is 6.18. The van der Waals surface area contributed by atoms with Gasteiger partial charge in [0.2, 0.25) is 0 Å². The van der Waals surface area contributed by atoms with Crippen molar-refractivity contribution in [2.24, 2.45) is 0 Å². The Hall–Kier alpha value is -1.10. The first-order valence-corrected chi connectivity index (χ1v) is 6.35. The van der Waals surface area contributed by atoms with Crippen molar-refractivity contribution < 1.29 is 9.47 Å². The third-order valence-corrected chi connectivity index (χ3v) is 2.96. The minimum atomic E-state index is 0.485. The maximum absolute atomic E-state index is 5.98. The number of hydrogen-bond donors (Lipinski definition) is 0. The lowest BCUT2D eigenvalue weighted by molar-refractivity contribution is 0.134. The molecule has 0 bridgehead atoms. The Kier molecular flexibility index (Phi) is 4.58. The summed E-state index contributed by atoms with van der Waals surface area (Å²) >= 11 is 5.98. The van der Waals surface area contributed by atoms with E-state index in [1.807, 2.05) is 25.1 Å². The van der Waals surface area contributed by atoms with Crippen LogP contribution in [-0.2, 0) is 22.6 Å². The number of nitrogens with zero attached hydrogens (tertiary/aromatic N) is 2. The smallest absolute Gasteiger partial charge is 0.136 e. The minimum absolute atomic E-state index is 0.485. The average molecular weight is 269 g/mol. The molecule has 1 aromatic heterocycles. The number of rotatable bonds is 6. The van der Waals surface area contributed by atoms with Crippen LogP contribution in [0.15, 0.2) is 18.2 Å². The molecule has 0 fully saturated rings. The standard InChI is InChI=1S/C13H17ClN2O2/c1-3-18-7-6-16-12-5-4-10(14)8-11(12)15-13(16)9-17-2/h4-5,8H,3,6-7,9H2,1-2H3. The molecule has 0 aliphatic heterocycles. The molecule has 0 unspecified atom stereocenters. The van der Waals surface area contributed by atoms with Crippen LogP contribution in [0.3, 0.4) is 0 Å². The molecular weight excluding hydrogens is 252 g/mol.